The Morgan fingerprint density at radius 2 is 1.76 bits per heavy atom. The first-order chi connectivity index (χ1) is 12.2. The van der Waals surface area contributed by atoms with Crippen LogP contribution in [0.1, 0.15) is 0 Å². The number of thiophene rings is 1. The van der Waals surface area contributed by atoms with Gasteiger partial charge in [0.25, 0.3) is 5.69 Å². The standard InChI is InChI=1S/C19H12N2O3S/c22-21(23)14-6-8-15(9-7-14)24-17-10-11-20-16-12-18(25-19(16)17)13-4-2-1-3-5-13/h1-12H. The summed E-state index contributed by atoms with van der Waals surface area (Å²) < 4.78 is 6.87. The Morgan fingerprint density at radius 3 is 2.48 bits per heavy atom. The third kappa shape index (κ3) is 3.07. The fourth-order valence-electron chi connectivity index (χ4n) is 2.50. The zero-order valence-corrected chi connectivity index (χ0v) is 13.8. The van der Waals surface area contributed by atoms with E-state index in [0.717, 1.165) is 20.7 Å². The van der Waals surface area contributed by atoms with Crippen LogP contribution in [-0.2, 0) is 0 Å². The zero-order valence-electron chi connectivity index (χ0n) is 13.0. The molecule has 25 heavy (non-hydrogen) atoms. The van der Waals surface area contributed by atoms with Crippen molar-refractivity contribution < 1.29 is 9.66 Å². The van der Waals surface area contributed by atoms with Gasteiger partial charge >= 0.3 is 0 Å². The van der Waals surface area contributed by atoms with Crippen LogP contribution < -0.4 is 4.74 Å². The molecule has 2 aromatic heterocycles. The van der Waals surface area contributed by atoms with E-state index < -0.39 is 4.92 Å². The number of nitro benzene ring substituents is 1. The lowest BCUT2D eigenvalue weighted by Gasteiger charge is -2.05. The topological polar surface area (TPSA) is 65.3 Å². The molecule has 0 amide bonds. The van der Waals surface area contributed by atoms with E-state index in [-0.39, 0.29) is 5.69 Å². The first kappa shape index (κ1) is 15.3. The van der Waals surface area contributed by atoms with Crippen LogP contribution in [-0.4, -0.2) is 9.91 Å². The van der Waals surface area contributed by atoms with Crippen LogP contribution in [0.15, 0.2) is 72.9 Å². The van der Waals surface area contributed by atoms with Crippen LogP contribution in [0, 0.1) is 10.1 Å². The molecule has 0 aliphatic carbocycles. The predicted molar refractivity (Wildman–Crippen MR) is 98.2 cm³/mol. The normalized spacial score (nSPS) is 10.7. The molecule has 0 aliphatic rings. The molecule has 0 aliphatic heterocycles. The first-order valence-electron chi connectivity index (χ1n) is 7.57. The third-order valence-electron chi connectivity index (χ3n) is 3.71. The van der Waals surface area contributed by atoms with E-state index in [1.54, 1.807) is 35.7 Å². The van der Waals surface area contributed by atoms with Crippen LogP contribution in [0.2, 0.25) is 0 Å². The minimum Gasteiger partial charge on any atom is -0.456 e. The summed E-state index contributed by atoms with van der Waals surface area (Å²) in [5.41, 5.74) is 2.03. The monoisotopic (exact) mass is 348 g/mol. The summed E-state index contributed by atoms with van der Waals surface area (Å²) in [5.74, 6) is 1.23. The molecule has 2 aromatic carbocycles. The van der Waals surface area contributed by atoms with Gasteiger partial charge in [0.15, 0.2) is 0 Å². The molecule has 4 aromatic rings. The number of nitro groups is 1. The van der Waals surface area contributed by atoms with Gasteiger partial charge in [-0.25, -0.2) is 0 Å². The molecule has 2 heterocycles. The lowest BCUT2D eigenvalue weighted by atomic mass is 10.2. The zero-order chi connectivity index (χ0) is 17.2. The highest BCUT2D eigenvalue weighted by Gasteiger charge is 2.11. The number of pyridine rings is 1. The summed E-state index contributed by atoms with van der Waals surface area (Å²) >= 11 is 1.61. The number of nitrogens with zero attached hydrogens (tertiary/aromatic N) is 2. The molecule has 4 rings (SSSR count). The van der Waals surface area contributed by atoms with Gasteiger partial charge in [-0.2, -0.15) is 0 Å². The minimum absolute atomic E-state index is 0.0368. The van der Waals surface area contributed by atoms with Gasteiger partial charge < -0.3 is 4.74 Å². The highest BCUT2D eigenvalue weighted by Crippen LogP contribution is 2.39. The van der Waals surface area contributed by atoms with E-state index >= 15 is 0 Å². The second kappa shape index (κ2) is 6.33. The molecule has 0 radical (unpaired) electrons. The van der Waals surface area contributed by atoms with Crippen molar-refractivity contribution in [1.82, 2.24) is 4.98 Å². The van der Waals surface area contributed by atoms with Crippen LogP contribution in [0.25, 0.3) is 20.7 Å². The largest absolute Gasteiger partial charge is 0.456 e. The molecule has 0 bridgehead atoms. The first-order valence-corrected chi connectivity index (χ1v) is 8.38. The van der Waals surface area contributed by atoms with Crippen molar-refractivity contribution in [3.05, 3.63) is 83.0 Å². The Morgan fingerprint density at radius 1 is 1.00 bits per heavy atom. The maximum Gasteiger partial charge on any atom is 0.269 e. The van der Waals surface area contributed by atoms with Gasteiger partial charge in [0.05, 0.1) is 15.1 Å². The van der Waals surface area contributed by atoms with Crippen molar-refractivity contribution in [3.63, 3.8) is 0 Å². The van der Waals surface area contributed by atoms with E-state index in [1.165, 1.54) is 12.1 Å². The van der Waals surface area contributed by atoms with Gasteiger partial charge in [-0.3, -0.25) is 15.1 Å². The maximum absolute atomic E-state index is 10.7. The van der Waals surface area contributed by atoms with E-state index in [4.69, 9.17) is 4.74 Å². The number of aromatic nitrogens is 1. The summed E-state index contributed by atoms with van der Waals surface area (Å²) in [6, 6.07) is 20.0. The molecule has 122 valence electrons. The smallest absolute Gasteiger partial charge is 0.269 e. The van der Waals surface area contributed by atoms with Crippen LogP contribution in [0.5, 0.6) is 11.5 Å². The number of hydrogen-bond donors (Lipinski definition) is 0. The number of non-ortho nitro benzene ring substituents is 1. The Balaban J connectivity index is 1.70. The minimum atomic E-state index is -0.431. The molecule has 5 nitrogen and oxygen atoms in total. The van der Waals surface area contributed by atoms with Crippen molar-refractivity contribution in [2.45, 2.75) is 0 Å². The van der Waals surface area contributed by atoms with Gasteiger partial charge in [0.1, 0.15) is 11.5 Å². The van der Waals surface area contributed by atoms with Crippen molar-refractivity contribution in [1.29, 1.82) is 0 Å². The van der Waals surface area contributed by atoms with Crippen molar-refractivity contribution in [3.8, 4) is 21.9 Å². The van der Waals surface area contributed by atoms with E-state index in [0.29, 0.717) is 11.5 Å². The summed E-state index contributed by atoms with van der Waals surface area (Å²) in [7, 11) is 0. The maximum atomic E-state index is 10.7. The number of hydrogen-bond acceptors (Lipinski definition) is 5. The molecule has 6 heteroatoms. The second-order valence-corrected chi connectivity index (χ2v) is 6.41. The van der Waals surface area contributed by atoms with Gasteiger partial charge in [-0.05, 0) is 23.8 Å². The predicted octanol–water partition coefficient (Wildman–Crippen LogP) is 5.66. The summed E-state index contributed by atoms with van der Waals surface area (Å²) in [6.07, 6.45) is 1.70. The van der Waals surface area contributed by atoms with Gasteiger partial charge in [-0.15, -0.1) is 11.3 Å². The summed E-state index contributed by atoms with van der Waals surface area (Å²) in [4.78, 5) is 15.8. The Kier molecular flexibility index (Phi) is 3.87. The molecule has 0 atom stereocenters. The van der Waals surface area contributed by atoms with Gasteiger partial charge in [0.2, 0.25) is 0 Å². The molecule has 0 fully saturated rings. The Labute approximate surface area is 147 Å². The van der Waals surface area contributed by atoms with Crippen LogP contribution in [0.4, 0.5) is 5.69 Å². The fraction of sp³-hybridized carbons (Fsp3) is 0. The van der Waals surface area contributed by atoms with Gasteiger partial charge in [-0.1, -0.05) is 30.3 Å². The second-order valence-electron chi connectivity index (χ2n) is 5.35. The van der Waals surface area contributed by atoms with Crippen molar-refractivity contribution in [2.24, 2.45) is 0 Å². The lowest BCUT2D eigenvalue weighted by molar-refractivity contribution is -0.384. The number of fused-ring (bicyclic) bond motifs is 1. The highest BCUT2D eigenvalue weighted by atomic mass is 32.1. The highest BCUT2D eigenvalue weighted by molar-refractivity contribution is 7.22. The molecule has 0 saturated heterocycles. The molecule has 0 saturated carbocycles. The number of benzene rings is 2. The lowest BCUT2D eigenvalue weighted by Crippen LogP contribution is -1.88. The summed E-state index contributed by atoms with van der Waals surface area (Å²) in [5, 5.41) is 10.7. The number of rotatable bonds is 4. The fourth-order valence-corrected chi connectivity index (χ4v) is 3.57. The average molecular weight is 348 g/mol. The van der Waals surface area contributed by atoms with E-state index in [9.17, 15) is 10.1 Å². The van der Waals surface area contributed by atoms with Gasteiger partial charge in [0, 0.05) is 29.3 Å². The molecule has 0 N–H and O–H groups in total. The van der Waals surface area contributed by atoms with Crippen LogP contribution in [0.3, 0.4) is 0 Å². The molecule has 0 unspecified atom stereocenters. The number of ether oxygens (including phenoxy) is 1. The molecule has 0 spiro atoms. The van der Waals surface area contributed by atoms with E-state index in [1.807, 2.05) is 24.3 Å². The SMILES string of the molecule is O=[N+]([O-])c1ccc(Oc2ccnc3cc(-c4ccccc4)sc23)cc1. The summed E-state index contributed by atoms with van der Waals surface area (Å²) in [6.45, 7) is 0. The Hall–Kier alpha value is -3.25. The Bertz CT molecular complexity index is 1040. The molecular weight excluding hydrogens is 336 g/mol. The van der Waals surface area contributed by atoms with E-state index in [2.05, 4.69) is 17.1 Å². The molecular formula is C19H12N2O3S. The van der Waals surface area contributed by atoms with Crippen molar-refractivity contribution in [2.75, 3.05) is 0 Å². The third-order valence-corrected chi connectivity index (χ3v) is 4.90. The van der Waals surface area contributed by atoms with Crippen molar-refractivity contribution >= 4 is 27.2 Å². The quantitative estimate of drug-likeness (QED) is 0.352. The van der Waals surface area contributed by atoms with Crippen LogP contribution >= 0.6 is 11.3 Å². The average Bonchev–Trinajstić information content (AvgIpc) is 3.08.